The van der Waals surface area contributed by atoms with Crippen LogP contribution in [0.3, 0.4) is 0 Å². The van der Waals surface area contributed by atoms with E-state index in [4.69, 9.17) is 46.4 Å². The molecule has 0 fully saturated rings. The fourth-order valence-corrected chi connectivity index (χ4v) is 0.919. The molecule has 2 aromatic carbocycles. The number of halogens is 4. The van der Waals surface area contributed by atoms with Crippen molar-refractivity contribution in [2.75, 3.05) is 0 Å². The van der Waals surface area contributed by atoms with Crippen LogP contribution in [0.1, 0.15) is 5.56 Å². The maximum atomic E-state index is 4.99. The summed E-state index contributed by atoms with van der Waals surface area (Å²) in [7, 11) is 0. The van der Waals surface area contributed by atoms with Crippen molar-refractivity contribution in [3.05, 3.63) is 81.3 Å². The lowest BCUT2D eigenvalue weighted by Gasteiger charge is -1.82. The van der Waals surface area contributed by atoms with Gasteiger partial charge >= 0.3 is 0 Å². The molecule has 0 aromatic heterocycles. The van der Waals surface area contributed by atoms with E-state index in [0.29, 0.717) is 0 Å². The van der Waals surface area contributed by atoms with E-state index in [1.54, 1.807) is 0 Å². The van der Waals surface area contributed by atoms with E-state index in [9.17, 15) is 0 Å². The van der Waals surface area contributed by atoms with E-state index in [1.165, 1.54) is 5.56 Å². The number of benzene rings is 2. The van der Waals surface area contributed by atoms with Crippen LogP contribution >= 0.6 is 46.4 Å². The van der Waals surface area contributed by atoms with Crippen molar-refractivity contribution >= 4 is 46.4 Å². The molecule has 0 aliphatic carbocycles. The van der Waals surface area contributed by atoms with Crippen molar-refractivity contribution in [2.45, 2.75) is 6.92 Å². The Kier molecular flexibility index (Phi) is 11.9. The lowest BCUT2D eigenvalue weighted by molar-refractivity contribution is 1.48. The minimum absolute atomic E-state index is 0.0988. The average molecular weight is 336 g/mol. The third kappa shape index (κ3) is 13.6. The monoisotopic (exact) mass is 334 g/mol. The molecule has 0 atom stereocenters. The van der Waals surface area contributed by atoms with Crippen molar-refractivity contribution in [1.29, 1.82) is 0 Å². The van der Waals surface area contributed by atoms with E-state index < -0.39 is 0 Å². The van der Waals surface area contributed by atoms with Gasteiger partial charge in [0.25, 0.3) is 0 Å². The second-order valence-electron chi connectivity index (χ2n) is 3.33. The Morgan fingerprint density at radius 3 is 1.00 bits per heavy atom. The molecule has 0 radical (unpaired) electrons. The van der Waals surface area contributed by atoms with Gasteiger partial charge in [0, 0.05) is 0 Å². The Balaban J connectivity index is 0.000000257. The highest BCUT2D eigenvalue weighted by Gasteiger charge is 1.88. The van der Waals surface area contributed by atoms with Gasteiger partial charge in [-0.2, -0.15) is 0 Å². The van der Waals surface area contributed by atoms with Crippen molar-refractivity contribution < 1.29 is 0 Å². The molecule has 0 aliphatic heterocycles. The standard InChI is InChI=1S/C7H8.C6H6.C2Cl4/c1-7-5-3-2-4-6-7;1-2-4-6-5-3-1;3-1(4)2(5)6/h2-6H,1H3;1-6H;. The molecule has 0 saturated carbocycles. The van der Waals surface area contributed by atoms with E-state index in [0.717, 1.165) is 0 Å². The Bertz CT molecular complexity index is 407. The molecule has 0 bridgehead atoms. The van der Waals surface area contributed by atoms with E-state index in [1.807, 2.05) is 54.6 Å². The summed E-state index contributed by atoms with van der Waals surface area (Å²) >= 11 is 20.0. The van der Waals surface area contributed by atoms with Crippen LogP contribution in [0.25, 0.3) is 0 Å². The highest BCUT2D eigenvalue weighted by atomic mass is 35.5. The first kappa shape index (κ1) is 18.3. The largest absolute Gasteiger partial charge is 0.136 e. The van der Waals surface area contributed by atoms with Gasteiger partial charge in [-0.15, -0.1) is 0 Å². The quantitative estimate of drug-likeness (QED) is 0.499. The van der Waals surface area contributed by atoms with Gasteiger partial charge in [0.1, 0.15) is 8.98 Å². The van der Waals surface area contributed by atoms with Crippen molar-refractivity contribution in [3.8, 4) is 0 Å². The Morgan fingerprint density at radius 2 is 0.842 bits per heavy atom. The molecule has 0 saturated heterocycles. The fourth-order valence-electron chi connectivity index (χ4n) is 0.919. The molecule has 0 amide bonds. The summed E-state index contributed by atoms with van der Waals surface area (Å²) < 4.78 is -0.198. The summed E-state index contributed by atoms with van der Waals surface area (Å²) in [6, 6.07) is 22.3. The number of hydrogen-bond acceptors (Lipinski definition) is 0. The summed E-state index contributed by atoms with van der Waals surface area (Å²) in [4.78, 5) is 0. The molecule has 102 valence electrons. The van der Waals surface area contributed by atoms with E-state index in [-0.39, 0.29) is 8.98 Å². The first-order valence-electron chi connectivity index (χ1n) is 5.42. The highest BCUT2D eigenvalue weighted by Crippen LogP contribution is 2.20. The molecule has 4 heteroatoms. The SMILES string of the molecule is Cc1ccccc1.ClC(Cl)=C(Cl)Cl.c1ccccc1. The van der Waals surface area contributed by atoms with E-state index >= 15 is 0 Å². The van der Waals surface area contributed by atoms with Crippen LogP contribution in [0.5, 0.6) is 0 Å². The molecule has 0 N–H and O–H groups in total. The van der Waals surface area contributed by atoms with Crippen LogP contribution in [-0.2, 0) is 0 Å². The Hall–Kier alpha value is -0.660. The van der Waals surface area contributed by atoms with Crippen molar-refractivity contribution in [3.63, 3.8) is 0 Å². The van der Waals surface area contributed by atoms with Crippen molar-refractivity contribution in [2.24, 2.45) is 0 Å². The van der Waals surface area contributed by atoms with Gasteiger partial charge in [0.05, 0.1) is 0 Å². The third-order valence-electron chi connectivity index (χ3n) is 1.75. The number of aryl methyl sites for hydroxylation is 1. The molecule has 0 nitrogen and oxygen atoms in total. The summed E-state index contributed by atoms with van der Waals surface area (Å²) in [5.41, 5.74) is 1.32. The summed E-state index contributed by atoms with van der Waals surface area (Å²) in [5.74, 6) is 0. The van der Waals surface area contributed by atoms with Crippen molar-refractivity contribution in [1.82, 2.24) is 0 Å². The Morgan fingerprint density at radius 1 is 0.579 bits per heavy atom. The normalized spacial score (nSPS) is 8.26. The molecule has 19 heavy (non-hydrogen) atoms. The molecule has 2 rings (SSSR count). The second kappa shape index (κ2) is 12.4. The molecular formula is C15H14Cl4. The summed E-state index contributed by atoms with van der Waals surface area (Å²) in [6.45, 7) is 2.08. The van der Waals surface area contributed by atoms with Gasteiger partial charge in [0.15, 0.2) is 0 Å². The third-order valence-corrected chi connectivity index (χ3v) is 2.89. The topological polar surface area (TPSA) is 0 Å². The maximum absolute atomic E-state index is 4.99. The van der Waals surface area contributed by atoms with Gasteiger partial charge < -0.3 is 0 Å². The molecule has 0 aliphatic rings. The number of rotatable bonds is 0. The fraction of sp³-hybridized carbons (Fsp3) is 0.0667. The molecule has 0 unspecified atom stereocenters. The molecule has 0 heterocycles. The first-order valence-corrected chi connectivity index (χ1v) is 6.93. The molecular weight excluding hydrogens is 322 g/mol. The zero-order chi connectivity index (χ0) is 14.5. The minimum Gasteiger partial charge on any atom is -0.0682 e. The Labute approximate surface area is 134 Å². The van der Waals surface area contributed by atoms with Gasteiger partial charge in [-0.3, -0.25) is 0 Å². The molecule has 2 aromatic rings. The predicted octanol–water partition coefficient (Wildman–Crippen LogP) is 6.75. The van der Waals surface area contributed by atoms with Gasteiger partial charge in [-0.1, -0.05) is 119 Å². The van der Waals surface area contributed by atoms with Crippen LogP contribution in [0, 0.1) is 6.92 Å². The zero-order valence-corrected chi connectivity index (χ0v) is 13.4. The van der Waals surface area contributed by atoms with Crippen LogP contribution in [0.15, 0.2) is 75.7 Å². The van der Waals surface area contributed by atoms with Crippen LogP contribution < -0.4 is 0 Å². The summed E-state index contributed by atoms with van der Waals surface area (Å²) in [5, 5.41) is 0. The smallest absolute Gasteiger partial charge is 0.0682 e. The minimum atomic E-state index is -0.0988. The van der Waals surface area contributed by atoms with E-state index in [2.05, 4.69) is 19.1 Å². The first-order chi connectivity index (χ1) is 9.04. The molecule has 0 spiro atoms. The predicted molar refractivity (Wildman–Crippen MR) is 88.1 cm³/mol. The maximum Gasteiger partial charge on any atom is 0.136 e. The lowest BCUT2D eigenvalue weighted by atomic mass is 10.2. The van der Waals surface area contributed by atoms with Gasteiger partial charge in [0.2, 0.25) is 0 Å². The average Bonchev–Trinajstić information content (AvgIpc) is 2.43. The van der Waals surface area contributed by atoms with Gasteiger partial charge in [-0.25, -0.2) is 0 Å². The summed E-state index contributed by atoms with van der Waals surface area (Å²) in [6.07, 6.45) is 0. The van der Waals surface area contributed by atoms with Gasteiger partial charge in [-0.05, 0) is 6.92 Å². The van der Waals surface area contributed by atoms with Crippen LogP contribution in [-0.4, -0.2) is 0 Å². The number of hydrogen-bond donors (Lipinski definition) is 0. The lowest BCUT2D eigenvalue weighted by Crippen LogP contribution is -1.62. The van der Waals surface area contributed by atoms with Crippen LogP contribution in [0.4, 0.5) is 0 Å². The zero-order valence-electron chi connectivity index (χ0n) is 10.4. The highest BCUT2D eigenvalue weighted by molar-refractivity contribution is 6.67. The second-order valence-corrected chi connectivity index (χ2v) is 5.23. The van der Waals surface area contributed by atoms with Crippen LogP contribution in [0.2, 0.25) is 0 Å².